The molecule has 102 valence electrons. The Morgan fingerprint density at radius 2 is 2.05 bits per heavy atom. The van der Waals surface area contributed by atoms with E-state index in [-0.39, 0.29) is 5.57 Å². The van der Waals surface area contributed by atoms with Crippen molar-refractivity contribution in [3.8, 4) is 0 Å². The first-order valence-electron chi connectivity index (χ1n) is 5.64. The van der Waals surface area contributed by atoms with Gasteiger partial charge in [0.2, 0.25) is 0 Å². The Labute approximate surface area is 129 Å². The van der Waals surface area contributed by atoms with Crippen molar-refractivity contribution in [1.29, 1.82) is 0 Å². The Balaban J connectivity index is 2.48. The van der Waals surface area contributed by atoms with Crippen LogP contribution < -0.4 is 0 Å². The largest absolute Gasteiger partial charge is 0.465 e. The van der Waals surface area contributed by atoms with Gasteiger partial charge in [-0.1, -0.05) is 17.7 Å². The van der Waals surface area contributed by atoms with Gasteiger partial charge in [-0.15, -0.1) is 0 Å². The molecule has 1 aromatic heterocycles. The third-order valence-electron chi connectivity index (χ3n) is 2.47. The lowest BCUT2D eigenvalue weighted by Crippen LogP contribution is -2.06. The molecule has 0 saturated carbocycles. The number of benzene rings is 1. The van der Waals surface area contributed by atoms with Gasteiger partial charge >= 0.3 is 5.97 Å². The summed E-state index contributed by atoms with van der Waals surface area (Å²) in [5.41, 5.74) is 1.03. The molecule has 0 N–H and O–H groups in total. The van der Waals surface area contributed by atoms with Crippen LogP contribution in [-0.4, -0.2) is 23.0 Å². The number of esters is 1. The predicted octanol–water partition coefficient (Wildman–Crippen LogP) is 3.61. The number of carbonyl (C=O) groups excluding carboxylic acids is 1. The molecule has 0 unspecified atom stereocenters. The van der Waals surface area contributed by atoms with Crippen LogP contribution in [0.4, 0.5) is 0 Å². The SMILES string of the molecule is COC(=O)C(=Cc1ccc(Br)c(Cl)c1)c1ncccn1. The molecule has 1 heterocycles. The second-order valence-electron chi connectivity index (χ2n) is 3.80. The van der Waals surface area contributed by atoms with E-state index in [2.05, 4.69) is 25.9 Å². The van der Waals surface area contributed by atoms with Gasteiger partial charge in [-0.05, 0) is 45.8 Å². The lowest BCUT2D eigenvalue weighted by molar-refractivity contribution is -0.133. The molecule has 0 fully saturated rings. The van der Waals surface area contributed by atoms with Crippen LogP contribution in [0.2, 0.25) is 5.02 Å². The van der Waals surface area contributed by atoms with Gasteiger partial charge in [0.25, 0.3) is 0 Å². The van der Waals surface area contributed by atoms with Crippen molar-refractivity contribution in [1.82, 2.24) is 9.97 Å². The van der Waals surface area contributed by atoms with Crippen molar-refractivity contribution in [3.63, 3.8) is 0 Å². The Morgan fingerprint density at radius 1 is 1.35 bits per heavy atom. The molecule has 4 nitrogen and oxygen atoms in total. The maximum atomic E-state index is 11.9. The van der Waals surface area contributed by atoms with Gasteiger partial charge in [-0.3, -0.25) is 0 Å². The fourth-order valence-electron chi connectivity index (χ4n) is 1.53. The van der Waals surface area contributed by atoms with Crippen molar-refractivity contribution < 1.29 is 9.53 Å². The minimum absolute atomic E-state index is 0.270. The number of ether oxygens (including phenoxy) is 1. The normalized spacial score (nSPS) is 11.2. The van der Waals surface area contributed by atoms with E-state index in [1.165, 1.54) is 7.11 Å². The number of rotatable bonds is 3. The first-order valence-corrected chi connectivity index (χ1v) is 6.81. The van der Waals surface area contributed by atoms with Crippen LogP contribution in [0.15, 0.2) is 41.1 Å². The molecule has 1 aromatic carbocycles. The quantitative estimate of drug-likeness (QED) is 0.625. The maximum absolute atomic E-state index is 11.9. The summed E-state index contributed by atoms with van der Waals surface area (Å²) in [6.07, 6.45) is 4.76. The lowest BCUT2D eigenvalue weighted by atomic mass is 10.1. The summed E-state index contributed by atoms with van der Waals surface area (Å²) in [7, 11) is 1.31. The van der Waals surface area contributed by atoms with Crippen LogP contribution in [-0.2, 0) is 9.53 Å². The van der Waals surface area contributed by atoms with Crippen LogP contribution in [0.25, 0.3) is 11.6 Å². The molecule has 2 aromatic rings. The van der Waals surface area contributed by atoms with Gasteiger partial charge in [0.05, 0.1) is 12.1 Å². The second-order valence-corrected chi connectivity index (χ2v) is 5.06. The third-order valence-corrected chi connectivity index (χ3v) is 3.70. The zero-order chi connectivity index (χ0) is 14.5. The number of aromatic nitrogens is 2. The van der Waals surface area contributed by atoms with E-state index in [9.17, 15) is 4.79 Å². The van der Waals surface area contributed by atoms with Crippen LogP contribution in [0.3, 0.4) is 0 Å². The maximum Gasteiger partial charge on any atom is 0.341 e. The molecule has 20 heavy (non-hydrogen) atoms. The molecule has 2 rings (SSSR count). The fourth-order valence-corrected chi connectivity index (χ4v) is 1.97. The minimum Gasteiger partial charge on any atom is -0.465 e. The highest BCUT2D eigenvalue weighted by molar-refractivity contribution is 9.10. The summed E-state index contributed by atoms with van der Waals surface area (Å²) in [5, 5.41) is 0.553. The molecule has 0 atom stereocenters. The highest BCUT2D eigenvalue weighted by Crippen LogP contribution is 2.25. The zero-order valence-electron chi connectivity index (χ0n) is 10.5. The monoisotopic (exact) mass is 352 g/mol. The van der Waals surface area contributed by atoms with Crippen LogP contribution in [0, 0.1) is 0 Å². The van der Waals surface area contributed by atoms with Crippen molar-refractivity contribution in [2.75, 3.05) is 7.11 Å². The van der Waals surface area contributed by atoms with Gasteiger partial charge in [0.15, 0.2) is 5.82 Å². The molecule has 0 aliphatic heterocycles. The predicted molar refractivity (Wildman–Crippen MR) is 81.1 cm³/mol. The number of carbonyl (C=O) groups is 1. The van der Waals surface area contributed by atoms with Crippen LogP contribution in [0.1, 0.15) is 11.4 Å². The molecule has 0 aliphatic rings. The Bertz CT molecular complexity index is 659. The number of methoxy groups -OCH3 is 1. The third kappa shape index (κ3) is 3.43. The molecular weight excluding hydrogens is 344 g/mol. The number of halogens is 2. The molecular formula is C14H10BrClN2O2. The van der Waals surface area contributed by atoms with Crippen LogP contribution in [0.5, 0.6) is 0 Å². The van der Waals surface area contributed by atoms with E-state index >= 15 is 0 Å². The van der Waals surface area contributed by atoms with Gasteiger partial charge in [0.1, 0.15) is 5.57 Å². The van der Waals surface area contributed by atoms with Gasteiger partial charge in [0, 0.05) is 16.9 Å². The fraction of sp³-hybridized carbons (Fsp3) is 0.0714. The van der Waals surface area contributed by atoms with Crippen molar-refractivity contribution in [2.24, 2.45) is 0 Å². The van der Waals surface area contributed by atoms with E-state index in [0.717, 1.165) is 10.0 Å². The summed E-state index contributed by atoms with van der Waals surface area (Å²) < 4.78 is 5.55. The lowest BCUT2D eigenvalue weighted by Gasteiger charge is -2.05. The Kier molecular flexibility index (Phi) is 4.87. The summed E-state index contributed by atoms with van der Waals surface area (Å²) in [5.74, 6) is -0.200. The van der Waals surface area contributed by atoms with Gasteiger partial charge in [-0.25, -0.2) is 14.8 Å². The smallest absolute Gasteiger partial charge is 0.341 e. The Hall–Kier alpha value is -1.72. The summed E-state index contributed by atoms with van der Waals surface area (Å²) in [4.78, 5) is 20.0. The topological polar surface area (TPSA) is 52.1 Å². The summed E-state index contributed by atoms with van der Waals surface area (Å²) >= 11 is 9.35. The molecule has 0 radical (unpaired) electrons. The molecule has 6 heteroatoms. The molecule has 0 bridgehead atoms. The number of hydrogen-bond donors (Lipinski definition) is 0. The average molecular weight is 354 g/mol. The minimum atomic E-state index is -0.504. The molecule has 0 aliphatic carbocycles. The van der Waals surface area contributed by atoms with Gasteiger partial charge < -0.3 is 4.74 Å². The highest BCUT2D eigenvalue weighted by Gasteiger charge is 2.15. The van der Waals surface area contributed by atoms with E-state index in [1.54, 1.807) is 36.7 Å². The molecule has 0 spiro atoms. The standard InChI is InChI=1S/C14H10BrClN2O2/c1-20-14(19)10(13-17-5-2-6-18-13)7-9-3-4-11(15)12(16)8-9/h2-8H,1H3. The van der Waals surface area contributed by atoms with Gasteiger partial charge in [-0.2, -0.15) is 0 Å². The van der Waals surface area contributed by atoms with Crippen molar-refractivity contribution in [2.45, 2.75) is 0 Å². The van der Waals surface area contributed by atoms with Crippen molar-refractivity contribution >= 4 is 45.1 Å². The Morgan fingerprint density at radius 3 is 2.65 bits per heavy atom. The molecule has 0 saturated heterocycles. The van der Waals surface area contributed by atoms with Crippen molar-refractivity contribution in [3.05, 3.63) is 57.5 Å². The summed E-state index contributed by atoms with van der Waals surface area (Å²) in [6, 6.07) is 7.03. The number of nitrogens with zero attached hydrogens (tertiary/aromatic N) is 2. The first kappa shape index (κ1) is 14.7. The summed E-state index contributed by atoms with van der Waals surface area (Å²) in [6.45, 7) is 0. The second kappa shape index (κ2) is 6.63. The van der Waals surface area contributed by atoms with E-state index in [1.807, 2.05) is 6.07 Å². The zero-order valence-corrected chi connectivity index (χ0v) is 12.9. The van der Waals surface area contributed by atoms with E-state index in [4.69, 9.17) is 16.3 Å². The van der Waals surface area contributed by atoms with Crippen LogP contribution >= 0.6 is 27.5 Å². The first-order chi connectivity index (χ1) is 9.61. The van der Waals surface area contributed by atoms with E-state index < -0.39 is 5.97 Å². The van der Waals surface area contributed by atoms with E-state index in [0.29, 0.717) is 10.8 Å². The number of hydrogen-bond acceptors (Lipinski definition) is 4. The molecule has 0 amide bonds. The highest BCUT2D eigenvalue weighted by atomic mass is 79.9. The average Bonchev–Trinajstić information content (AvgIpc) is 2.48.